The van der Waals surface area contributed by atoms with Crippen molar-refractivity contribution in [2.75, 3.05) is 32.7 Å². The van der Waals surface area contributed by atoms with Crippen molar-refractivity contribution >= 4 is 11.8 Å². The van der Waals surface area contributed by atoms with Gasteiger partial charge >= 0.3 is 0 Å². The van der Waals surface area contributed by atoms with Crippen LogP contribution in [0.2, 0.25) is 0 Å². The van der Waals surface area contributed by atoms with Crippen LogP contribution in [0.3, 0.4) is 0 Å². The summed E-state index contributed by atoms with van der Waals surface area (Å²) in [5.74, 6) is 0.102. The number of rotatable bonds is 4. The Morgan fingerprint density at radius 1 is 1.16 bits per heavy atom. The quantitative estimate of drug-likeness (QED) is 0.883. The van der Waals surface area contributed by atoms with Crippen LogP contribution in [0.1, 0.15) is 49.0 Å². The third-order valence-corrected chi connectivity index (χ3v) is 5.10. The summed E-state index contributed by atoms with van der Waals surface area (Å²) in [7, 11) is 1.85. The number of nitrogens with zero attached hydrogens (tertiary/aromatic N) is 4. The van der Waals surface area contributed by atoms with Crippen LogP contribution in [-0.4, -0.2) is 69.9 Å². The lowest BCUT2D eigenvalue weighted by Gasteiger charge is -2.34. The lowest BCUT2D eigenvalue weighted by molar-refractivity contribution is -0.132. The van der Waals surface area contributed by atoms with Crippen molar-refractivity contribution in [3.8, 4) is 0 Å². The number of nitrogens with one attached hydrogen (secondary N) is 1. The van der Waals surface area contributed by atoms with Gasteiger partial charge in [-0.1, -0.05) is 12.8 Å². The van der Waals surface area contributed by atoms with Crippen LogP contribution in [0.15, 0.2) is 12.5 Å². The first-order valence-electron chi connectivity index (χ1n) is 9.41. The van der Waals surface area contributed by atoms with Gasteiger partial charge in [-0.2, -0.15) is 0 Å². The number of carbonyl (C=O) groups excluding carboxylic acids is 2. The molecule has 0 spiro atoms. The number of hydrogen-bond acceptors (Lipinski definition) is 4. The second-order valence-corrected chi connectivity index (χ2v) is 7.27. The Labute approximate surface area is 149 Å². The molecule has 0 aliphatic carbocycles. The zero-order chi connectivity index (χ0) is 17.6. The van der Waals surface area contributed by atoms with Gasteiger partial charge in [-0.3, -0.25) is 14.5 Å². The summed E-state index contributed by atoms with van der Waals surface area (Å²) in [4.78, 5) is 33.1. The van der Waals surface area contributed by atoms with Crippen molar-refractivity contribution in [3.63, 3.8) is 0 Å². The largest absolute Gasteiger partial charge is 0.347 e. The monoisotopic (exact) mass is 347 g/mol. The third kappa shape index (κ3) is 5.04. The van der Waals surface area contributed by atoms with E-state index in [-0.39, 0.29) is 17.9 Å². The zero-order valence-corrected chi connectivity index (χ0v) is 15.1. The molecule has 1 unspecified atom stereocenters. The first-order chi connectivity index (χ1) is 12.1. The van der Waals surface area contributed by atoms with Gasteiger partial charge in [0.25, 0.3) is 5.91 Å². The number of hydrogen-bond donors (Lipinski definition) is 1. The molecular formula is C18H29N5O2. The number of likely N-dealkylation sites (tertiary alicyclic amines) is 2. The van der Waals surface area contributed by atoms with Crippen molar-refractivity contribution in [2.45, 2.75) is 44.6 Å². The number of piperidine rings is 1. The molecular weight excluding hydrogens is 318 g/mol. The fourth-order valence-electron chi connectivity index (χ4n) is 3.72. The maximum absolute atomic E-state index is 12.6. The first kappa shape index (κ1) is 17.9. The number of carbonyl (C=O) groups is 2. The molecule has 7 heteroatoms. The van der Waals surface area contributed by atoms with Crippen molar-refractivity contribution in [1.29, 1.82) is 0 Å². The Balaban J connectivity index is 1.48. The summed E-state index contributed by atoms with van der Waals surface area (Å²) >= 11 is 0. The molecule has 2 saturated heterocycles. The van der Waals surface area contributed by atoms with Gasteiger partial charge in [0.1, 0.15) is 5.69 Å². The highest BCUT2D eigenvalue weighted by Crippen LogP contribution is 2.13. The highest BCUT2D eigenvalue weighted by molar-refractivity contribution is 5.92. The van der Waals surface area contributed by atoms with Crippen LogP contribution >= 0.6 is 0 Å². The highest BCUT2D eigenvalue weighted by Gasteiger charge is 2.25. The molecule has 138 valence electrons. The van der Waals surface area contributed by atoms with Gasteiger partial charge in [0, 0.05) is 38.9 Å². The first-order valence-corrected chi connectivity index (χ1v) is 9.41. The molecule has 1 N–H and O–H groups in total. The van der Waals surface area contributed by atoms with E-state index in [0.717, 1.165) is 51.9 Å². The van der Waals surface area contributed by atoms with E-state index in [1.807, 2.05) is 11.9 Å². The van der Waals surface area contributed by atoms with Crippen LogP contribution in [0, 0.1) is 0 Å². The predicted octanol–water partition coefficient (Wildman–Crippen LogP) is 1.02. The van der Waals surface area contributed by atoms with Crippen molar-refractivity contribution in [2.24, 2.45) is 7.05 Å². The molecule has 0 saturated carbocycles. The average molecular weight is 347 g/mol. The number of aromatic nitrogens is 2. The van der Waals surface area contributed by atoms with E-state index in [2.05, 4.69) is 15.2 Å². The van der Waals surface area contributed by atoms with Crippen LogP contribution in [0.4, 0.5) is 0 Å². The maximum Gasteiger partial charge on any atom is 0.271 e. The Hall–Kier alpha value is -1.89. The van der Waals surface area contributed by atoms with Gasteiger partial charge in [-0.15, -0.1) is 0 Å². The van der Waals surface area contributed by atoms with Crippen LogP contribution in [0.25, 0.3) is 0 Å². The topological polar surface area (TPSA) is 70.5 Å². The molecule has 3 rings (SSSR count). The summed E-state index contributed by atoms with van der Waals surface area (Å²) < 4.78 is 1.77. The van der Waals surface area contributed by atoms with E-state index in [0.29, 0.717) is 12.2 Å². The molecule has 25 heavy (non-hydrogen) atoms. The van der Waals surface area contributed by atoms with Crippen LogP contribution < -0.4 is 5.32 Å². The van der Waals surface area contributed by atoms with E-state index < -0.39 is 0 Å². The Morgan fingerprint density at radius 3 is 2.60 bits per heavy atom. The molecule has 0 bridgehead atoms. The van der Waals surface area contributed by atoms with Gasteiger partial charge in [0.2, 0.25) is 5.91 Å². The minimum Gasteiger partial charge on any atom is -0.347 e. The summed E-state index contributed by atoms with van der Waals surface area (Å²) in [6.07, 6.45) is 10.0. The molecule has 7 nitrogen and oxygen atoms in total. The lowest BCUT2D eigenvalue weighted by atomic mass is 10.1. The zero-order valence-electron chi connectivity index (χ0n) is 15.1. The predicted molar refractivity (Wildman–Crippen MR) is 95.2 cm³/mol. The molecule has 2 aliphatic heterocycles. The molecule has 0 radical (unpaired) electrons. The van der Waals surface area contributed by atoms with Gasteiger partial charge in [-0.25, -0.2) is 4.98 Å². The SMILES string of the molecule is Cn1cnc(C(=O)NC2CCCN(CC(=O)N3CCCCCC3)C2)c1. The van der Waals surface area contributed by atoms with E-state index >= 15 is 0 Å². The Kier molecular flexibility index (Phi) is 6.07. The van der Waals surface area contributed by atoms with Crippen molar-refractivity contribution < 1.29 is 9.59 Å². The van der Waals surface area contributed by atoms with E-state index in [9.17, 15) is 9.59 Å². The Bertz CT molecular complexity index is 592. The molecule has 3 heterocycles. The molecule has 2 amide bonds. The summed E-state index contributed by atoms with van der Waals surface area (Å²) in [5, 5.41) is 3.06. The van der Waals surface area contributed by atoms with E-state index in [1.165, 1.54) is 12.8 Å². The lowest BCUT2D eigenvalue weighted by Crippen LogP contribution is -2.50. The van der Waals surface area contributed by atoms with Gasteiger partial charge < -0.3 is 14.8 Å². The standard InChI is InChI=1S/C18H29N5O2/c1-21-12-16(19-14-21)18(25)20-15-7-6-8-22(11-15)13-17(24)23-9-4-2-3-5-10-23/h12,14-15H,2-11,13H2,1H3,(H,20,25). The molecule has 2 aliphatic rings. The summed E-state index contributed by atoms with van der Waals surface area (Å²) in [5.41, 5.74) is 0.445. The third-order valence-electron chi connectivity index (χ3n) is 5.10. The molecule has 1 aromatic heterocycles. The van der Waals surface area contributed by atoms with E-state index in [1.54, 1.807) is 17.1 Å². The fourth-order valence-corrected chi connectivity index (χ4v) is 3.72. The van der Waals surface area contributed by atoms with Crippen molar-refractivity contribution in [1.82, 2.24) is 24.7 Å². The molecule has 1 atom stereocenters. The highest BCUT2D eigenvalue weighted by atomic mass is 16.2. The normalized spacial score (nSPS) is 22.4. The fraction of sp³-hybridized carbons (Fsp3) is 0.722. The molecule has 2 fully saturated rings. The van der Waals surface area contributed by atoms with Crippen molar-refractivity contribution in [3.05, 3.63) is 18.2 Å². The maximum atomic E-state index is 12.6. The minimum absolute atomic E-state index is 0.0835. The van der Waals surface area contributed by atoms with Gasteiger partial charge in [0.05, 0.1) is 12.9 Å². The molecule has 1 aromatic rings. The minimum atomic E-state index is -0.133. The van der Waals surface area contributed by atoms with E-state index in [4.69, 9.17) is 0 Å². The molecule has 0 aromatic carbocycles. The number of amides is 2. The second kappa shape index (κ2) is 8.47. The number of imidazole rings is 1. The Morgan fingerprint density at radius 2 is 1.92 bits per heavy atom. The van der Waals surface area contributed by atoms with Gasteiger partial charge in [-0.05, 0) is 32.2 Å². The smallest absolute Gasteiger partial charge is 0.271 e. The summed E-state index contributed by atoms with van der Waals surface area (Å²) in [6.45, 7) is 3.92. The van der Waals surface area contributed by atoms with Crippen LogP contribution in [-0.2, 0) is 11.8 Å². The average Bonchev–Trinajstić information content (AvgIpc) is 2.85. The number of aryl methyl sites for hydroxylation is 1. The van der Waals surface area contributed by atoms with Gasteiger partial charge in [0.15, 0.2) is 0 Å². The van der Waals surface area contributed by atoms with Crippen LogP contribution in [0.5, 0.6) is 0 Å². The second-order valence-electron chi connectivity index (χ2n) is 7.27. The summed E-state index contributed by atoms with van der Waals surface area (Å²) in [6, 6.07) is 0.0835.